The zero-order valence-electron chi connectivity index (χ0n) is 11.1. The second-order valence-electron chi connectivity index (χ2n) is 5.95. The molecule has 0 saturated carbocycles. The van der Waals surface area contributed by atoms with E-state index in [1.807, 2.05) is 0 Å². The van der Waals surface area contributed by atoms with Crippen molar-refractivity contribution in [2.45, 2.75) is 33.6 Å². The molecule has 0 amide bonds. The molecule has 1 atom stereocenters. The standard InChI is InChI=1S/C17H22/c1-17(2,3)16-12-8-7-11-15(16)13-14-9-5-4-6-10-14/h4-6,8-12,16H,7,13H2,1-3H3. The molecule has 0 bridgehead atoms. The first-order valence-electron chi connectivity index (χ1n) is 6.47. The highest BCUT2D eigenvalue weighted by atomic mass is 14.3. The smallest absolute Gasteiger partial charge is 0.00289 e. The van der Waals surface area contributed by atoms with E-state index in [-0.39, 0.29) is 0 Å². The van der Waals surface area contributed by atoms with Gasteiger partial charge < -0.3 is 0 Å². The molecule has 90 valence electrons. The Hall–Kier alpha value is -1.30. The molecule has 0 N–H and O–H groups in total. The lowest BCUT2D eigenvalue weighted by atomic mass is 9.72. The fourth-order valence-corrected chi connectivity index (χ4v) is 2.54. The van der Waals surface area contributed by atoms with Gasteiger partial charge in [-0.3, -0.25) is 0 Å². The van der Waals surface area contributed by atoms with E-state index >= 15 is 0 Å². The average molecular weight is 226 g/mol. The van der Waals surface area contributed by atoms with E-state index in [2.05, 4.69) is 69.3 Å². The third-order valence-corrected chi connectivity index (χ3v) is 3.43. The monoisotopic (exact) mass is 226 g/mol. The second-order valence-corrected chi connectivity index (χ2v) is 5.95. The largest absolute Gasteiger partial charge is 0.0841 e. The normalized spacial score (nSPS) is 20.2. The summed E-state index contributed by atoms with van der Waals surface area (Å²) in [6.07, 6.45) is 9.27. The molecular weight excluding hydrogens is 204 g/mol. The fraction of sp³-hybridized carbons (Fsp3) is 0.412. The molecule has 0 radical (unpaired) electrons. The maximum Gasteiger partial charge on any atom is 0.00289 e. The van der Waals surface area contributed by atoms with Crippen LogP contribution >= 0.6 is 0 Å². The predicted molar refractivity (Wildman–Crippen MR) is 74.9 cm³/mol. The van der Waals surface area contributed by atoms with Gasteiger partial charge in [0, 0.05) is 5.92 Å². The quantitative estimate of drug-likeness (QED) is 0.637. The second kappa shape index (κ2) is 4.91. The van der Waals surface area contributed by atoms with Crippen molar-refractivity contribution in [2.75, 3.05) is 0 Å². The summed E-state index contributed by atoms with van der Waals surface area (Å²) in [4.78, 5) is 0. The summed E-state index contributed by atoms with van der Waals surface area (Å²) in [6.45, 7) is 6.98. The Morgan fingerprint density at radius 3 is 2.47 bits per heavy atom. The minimum absolute atomic E-state index is 0.317. The number of benzene rings is 1. The molecule has 0 aliphatic heterocycles. The highest BCUT2D eigenvalue weighted by Gasteiger charge is 2.26. The highest BCUT2D eigenvalue weighted by Crippen LogP contribution is 2.36. The Labute approximate surface area is 105 Å². The maximum atomic E-state index is 2.41. The van der Waals surface area contributed by atoms with E-state index < -0.39 is 0 Å². The zero-order chi connectivity index (χ0) is 12.3. The van der Waals surface area contributed by atoms with Gasteiger partial charge in [0.1, 0.15) is 0 Å². The van der Waals surface area contributed by atoms with Crippen LogP contribution in [-0.4, -0.2) is 0 Å². The summed E-state index contributed by atoms with van der Waals surface area (Å²) in [7, 11) is 0. The van der Waals surface area contributed by atoms with Gasteiger partial charge in [0.25, 0.3) is 0 Å². The molecule has 0 heteroatoms. The highest BCUT2D eigenvalue weighted by molar-refractivity contribution is 5.29. The van der Waals surface area contributed by atoms with Crippen LogP contribution in [0.3, 0.4) is 0 Å². The Kier molecular flexibility index (Phi) is 3.51. The molecule has 1 aliphatic rings. The van der Waals surface area contributed by atoms with E-state index in [1.165, 1.54) is 5.56 Å². The van der Waals surface area contributed by atoms with Gasteiger partial charge in [-0.1, -0.05) is 74.9 Å². The molecule has 0 spiro atoms. The first-order chi connectivity index (χ1) is 8.07. The van der Waals surface area contributed by atoms with Crippen molar-refractivity contribution < 1.29 is 0 Å². The van der Waals surface area contributed by atoms with Crippen molar-refractivity contribution in [1.82, 2.24) is 0 Å². The molecule has 1 aliphatic carbocycles. The van der Waals surface area contributed by atoms with E-state index in [0.29, 0.717) is 11.3 Å². The lowest BCUT2D eigenvalue weighted by Gasteiger charge is -2.32. The molecule has 1 aromatic carbocycles. The summed E-state index contributed by atoms with van der Waals surface area (Å²) < 4.78 is 0. The van der Waals surface area contributed by atoms with Crippen LogP contribution in [0.2, 0.25) is 0 Å². The van der Waals surface area contributed by atoms with E-state index in [1.54, 1.807) is 5.57 Å². The van der Waals surface area contributed by atoms with E-state index in [0.717, 1.165) is 12.8 Å². The Morgan fingerprint density at radius 1 is 1.12 bits per heavy atom. The number of hydrogen-bond donors (Lipinski definition) is 0. The number of rotatable bonds is 2. The molecule has 0 aromatic heterocycles. The average Bonchev–Trinajstić information content (AvgIpc) is 2.30. The summed E-state index contributed by atoms with van der Waals surface area (Å²) in [5, 5.41) is 0. The van der Waals surface area contributed by atoms with Crippen LogP contribution in [0.15, 0.2) is 54.1 Å². The van der Waals surface area contributed by atoms with Crippen LogP contribution in [-0.2, 0) is 6.42 Å². The van der Waals surface area contributed by atoms with Gasteiger partial charge in [0.05, 0.1) is 0 Å². The van der Waals surface area contributed by atoms with Gasteiger partial charge >= 0.3 is 0 Å². The van der Waals surface area contributed by atoms with Gasteiger partial charge in [-0.25, -0.2) is 0 Å². The Morgan fingerprint density at radius 2 is 1.82 bits per heavy atom. The molecular formula is C17H22. The van der Waals surface area contributed by atoms with Gasteiger partial charge in [0.2, 0.25) is 0 Å². The van der Waals surface area contributed by atoms with E-state index in [9.17, 15) is 0 Å². The third-order valence-electron chi connectivity index (χ3n) is 3.43. The predicted octanol–water partition coefficient (Wildman–Crippen LogP) is 4.78. The van der Waals surface area contributed by atoms with Crippen molar-refractivity contribution in [2.24, 2.45) is 11.3 Å². The van der Waals surface area contributed by atoms with Gasteiger partial charge in [-0.2, -0.15) is 0 Å². The Bertz CT molecular complexity index is 415. The van der Waals surface area contributed by atoms with Crippen molar-refractivity contribution >= 4 is 0 Å². The van der Waals surface area contributed by atoms with Crippen LogP contribution < -0.4 is 0 Å². The van der Waals surface area contributed by atoms with Crippen LogP contribution in [0.4, 0.5) is 0 Å². The molecule has 0 fully saturated rings. The van der Waals surface area contributed by atoms with Crippen molar-refractivity contribution in [1.29, 1.82) is 0 Å². The van der Waals surface area contributed by atoms with E-state index in [4.69, 9.17) is 0 Å². The maximum absolute atomic E-state index is 2.41. The SMILES string of the molecule is CC(C)(C)C1C=CCC=C1Cc1ccccc1. The lowest BCUT2D eigenvalue weighted by molar-refractivity contribution is 0.324. The third kappa shape index (κ3) is 3.09. The van der Waals surface area contributed by atoms with Crippen LogP contribution in [0.1, 0.15) is 32.8 Å². The van der Waals surface area contributed by atoms with Crippen LogP contribution in [0, 0.1) is 11.3 Å². The zero-order valence-corrected chi connectivity index (χ0v) is 11.1. The molecule has 1 aromatic rings. The van der Waals surface area contributed by atoms with Crippen molar-refractivity contribution in [3.8, 4) is 0 Å². The minimum Gasteiger partial charge on any atom is -0.0841 e. The molecule has 0 saturated heterocycles. The number of allylic oxidation sites excluding steroid dienone is 4. The summed E-state index contributed by atoms with van der Waals surface area (Å²) in [6, 6.07) is 10.8. The number of hydrogen-bond acceptors (Lipinski definition) is 0. The van der Waals surface area contributed by atoms with Crippen LogP contribution in [0.5, 0.6) is 0 Å². The fourth-order valence-electron chi connectivity index (χ4n) is 2.54. The molecule has 1 unspecified atom stereocenters. The molecule has 0 nitrogen and oxygen atoms in total. The molecule has 17 heavy (non-hydrogen) atoms. The minimum atomic E-state index is 0.317. The van der Waals surface area contributed by atoms with Gasteiger partial charge in [0.15, 0.2) is 0 Å². The topological polar surface area (TPSA) is 0 Å². The van der Waals surface area contributed by atoms with Crippen molar-refractivity contribution in [3.63, 3.8) is 0 Å². The summed E-state index contributed by atoms with van der Waals surface area (Å²) in [5.41, 5.74) is 3.31. The van der Waals surface area contributed by atoms with Crippen LogP contribution in [0.25, 0.3) is 0 Å². The first kappa shape index (κ1) is 12.2. The van der Waals surface area contributed by atoms with Gasteiger partial charge in [-0.05, 0) is 23.8 Å². The van der Waals surface area contributed by atoms with Crippen molar-refractivity contribution in [3.05, 3.63) is 59.7 Å². The van der Waals surface area contributed by atoms with Gasteiger partial charge in [-0.15, -0.1) is 0 Å². The lowest BCUT2D eigenvalue weighted by Crippen LogP contribution is -2.22. The summed E-state index contributed by atoms with van der Waals surface area (Å²) in [5.74, 6) is 0.580. The Balaban J connectivity index is 2.17. The molecule has 2 rings (SSSR count). The first-order valence-corrected chi connectivity index (χ1v) is 6.47. The molecule has 0 heterocycles. The summed E-state index contributed by atoms with van der Waals surface area (Å²) >= 11 is 0.